The van der Waals surface area contributed by atoms with Gasteiger partial charge in [0, 0.05) is 56.4 Å². The summed E-state index contributed by atoms with van der Waals surface area (Å²) in [4.78, 5) is 31.4. The van der Waals surface area contributed by atoms with E-state index in [2.05, 4.69) is 30.7 Å². The molecule has 2 aromatic carbocycles. The number of halogens is 3. The van der Waals surface area contributed by atoms with Crippen LogP contribution in [0.15, 0.2) is 60.8 Å². The summed E-state index contributed by atoms with van der Waals surface area (Å²) in [6.07, 6.45) is -2.56. The van der Waals surface area contributed by atoms with Crippen molar-refractivity contribution in [3.8, 4) is 11.5 Å². The Morgan fingerprint density at radius 2 is 1.68 bits per heavy atom. The van der Waals surface area contributed by atoms with Gasteiger partial charge in [-0.25, -0.2) is 9.78 Å². The van der Waals surface area contributed by atoms with Crippen LogP contribution >= 0.6 is 0 Å². The largest absolute Gasteiger partial charge is 0.457 e. The van der Waals surface area contributed by atoms with Crippen LogP contribution in [0.5, 0.6) is 11.5 Å². The molecule has 3 amide bonds. The number of hydrogen-bond donors (Lipinski definition) is 3. The molecule has 0 atom stereocenters. The molecule has 1 aromatic heterocycles. The lowest BCUT2D eigenvalue weighted by Gasteiger charge is -2.32. The van der Waals surface area contributed by atoms with E-state index in [0.717, 1.165) is 38.3 Å². The lowest BCUT2D eigenvalue weighted by molar-refractivity contribution is -0.137. The van der Waals surface area contributed by atoms with E-state index >= 15 is 0 Å². The first-order valence-corrected chi connectivity index (χ1v) is 11.8. The van der Waals surface area contributed by atoms with Gasteiger partial charge in [-0.15, -0.1) is 0 Å². The highest BCUT2D eigenvalue weighted by Gasteiger charge is 2.31. The summed E-state index contributed by atoms with van der Waals surface area (Å²) in [5.74, 6) is 1.24. The Kier molecular flexibility index (Phi) is 8.44. The number of nitrogens with one attached hydrogen (secondary N) is 3. The molecule has 1 saturated heterocycles. The third kappa shape index (κ3) is 7.67. The van der Waals surface area contributed by atoms with Gasteiger partial charge in [-0.2, -0.15) is 13.2 Å². The summed E-state index contributed by atoms with van der Waals surface area (Å²) in [6, 6.07) is 12.5. The zero-order valence-electron chi connectivity index (χ0n) is 20.6. The number of carbonyl (C=O) groups excluding carboxylic acids is 2. The maximum Gasteiger partial charge on any atom is 0.416 e. The SMILES string of the molecule is CN1CCN(Cc2cc(NC(=O)Nc3ccc(Oc4ccnc(NC=O)c4)cc3)cc(C(F)(F)F)c2)CC1. The van der Waals surface area contributed by atoms with Crippen LogP contribution in [0, 0.1) is 0 Å². The van der Waals surface area contributed by atoms with Crippen LogP contribution in [0.25, 0.3) is 0 Å². The molecule has 0 unspecified atom stereocenters. The lowest BCUT2D eigenvalue weighted by Crippen LogP contribution is -2.43. The van der Waals surface area contributed by atoms with Gasteiger partial charge < -0.3 is 25.6 Å². The smallest absolute Gasteiger partial charge is 0.416 e. The Labute approximate surface area is 217 Å². The average molecular weight is 529 g/mol. The molecule has 3 aromatic rings. The number of piperazine rings is 1. The Hall–Kier alpha value is -4.16. The van der Waals surface area contributed by atoms with Crippen LogP contribution in [-0.4, -0.2) is 60.5 Å². The topological polar surface area (TPSA) is 98.8 Å². The van der Waals surface area contributed by atoms with E-state index in [9.17, 15) is 22.8 Å². The summed E-state index contributed by atoms with van der Waals surface area (Å²) in [5.41, 5.74) is 0.128. The van der Waals surface area contributed by atoms with Gasteiger partial charge in [-0.05, 0) is 61.1 Å². The summed E-state index contributed by atoms with van der Waals surface area (Å²) >= 11 is 0. The molecule has 4 rings (SSSR count). The Balaban J connectivity index is 1.39. The zero-order chi connectivity index (χ0) is 27.1. The molecule has 1 aliphatic heterocycles. The van der Waals surface area contributed by atoms with E-state index in [4.69, 9.17) is 4.74 Å². The number of amides is 3. The first kappa shape index (κ1) is 26.9. The van der Waals surface area contributed by atoms with Gasteiger partial charge in [0.1, 0.15) is 17.3 Å². The van der Waals surface area contributed by atoms with Gasteiger partial charge in [0.15, 0.2) is 0 Å². The van der Waals surface area contributed by atoms with Gasteiger partial charge in [-0.1, -0.05) is 0 Å². The number of urea groups is 1. The number of hydrogen-bond acceptors (Lipinski definition) is 6. The molecule has 9 nitrogen and oxygen atoms in total. The van der Waals surface area contributed by atoms with E-state index < -0.39 is 17.8 Å². The number of benzene rings is 2. The van der Waals surface area contributed by atoms with E-state index in [1.54, 1.807) is 42.5 Å². The number of pyridine rings is 1. The predicted molar refractivity (Wildman–Crippen MR) is 137 cm³/mol. The quantitative estimate of drug-likeness (QED) is 0.362. The normalized spacial score (nSPS) is 14.5. The number of nitrogens with zero attached hydrogens (tertiary/aromatic N) is 3. The van der Waals surface area contributed by atoms with Gasteiger partial charge in [-0.3, -0.25) is 9.69 Å². The Morgan fingerprint density at radius 1 is 0.974 bits per heavy atom. The highest BCUT2D eigenvalue weighted by molar-refractivity contribution is 5.99. The first-order chi connectivity index (χ1) is 18.2. The van der Waals surface area contributed by atoms with Gasteiger partial charge in [0.25, 0.3) is 0 Å². The van der Waals surface area contributed by atoms with Crippen molar-refractivity contribution in [2.75, 3.05) is 49.2 Å². The number of ether oxygens (including phenoxy) is 1. The number of aromatic nitrogens is 1. The van der Waals surface area contributed by atoms with E-state index in [1.807, 2.05) is 7.05 Å². The predicted octanol–water partition coefficient (Wildman–Crippen LogP) is 4.85. The monoisotopic (exact) mass is 528 g/mol. The molecule has 0 bridgehead atoms. The van der Waals surface area contributed by atoms with Crippen LogP contribution < -0.4 is 20.7 Å². The molecule has 12 heteroatoms. The minimum absolute atomic E-state index is 0.0545. The Morgan fingerprint density at radius 3 is 2.37 bits per heavy atom. The summed E-state index contributed by atoms with van der Waals surface area (Å²) in [7, 11) is 2.01. The van der Waals surface area contributed by atoms with Crippen molar-refractivity contribution in [2.45, 2.75) is 12.7 Å². The second kappa shape index (κ2) is 11.9. The van der Waals surface area contributed by atoms with E-state index in [-0.39, 0.29) is 5.69 Å². The highest BCUT2D eigenvalue weighted by atomic mass is 19.4. The average Bonchev–Trinajstić information content (AvgIpc) is 2.86. The molecule has 1 aliphatic rings. The lowest BCUT2D eigenvalue weighted by atomic mass is 10.1. The van der Waals surface area contributed by atoms with Crippen molar-refractivity contribution >= 4 is 29.6 Å². The maximum absolute atomic E-state index is 13.5. The van der Waals surface area contributed by atoms with E-state index in [1.165, 1.54) is 6.20 Å². The number of anilines is 3. The third-order valence-corrected chi connectivity index (χ3v) is 5.87. The second-order valence-electron chi connectivity index (χ2n) is 8.84. The molecule has 38 heavy (non-hydrogen) atoms. The summed E-state index contributed by atoms with van der Waals surface area (Å²) in [5, 5.41) is 7.55. The van der Waals surface area contributed by atoms with Gasteiger partial charge in [0.2, 0.25) is 6.41 Å². The van der Waals surface area contributed by atoms with Crippen LogP contribution in [0.1, 0.15) is 11.1 Å². The highest BCUT2D eigenvalue weighted by Crippen LogP contribution is 2.32. The molecule has 0 saturated carbocycles. The standard InChI is InChI=1S/C26H27F3N6O3/c1-34-8-10-35(11-9-34)16-18-12-19(26(27,28)29)14-21(13-18)33-25(37)32-20-2-4-22(5-3-20)38-23-6-7-30-24(15-23)31-17-36/h2-7,12-15,17H,8-11,16H2,1H3,(H,30,31,36)(H2,32,33,37). The van der Waals surface area contributed by atoms with Crippen molar-refractivity contribution in [2.24, 2.45) is 0 Å². The van der Waals surface area contributed by atoms with Crippen LogP contribution in [-0.2, 0) is 17.5 Å². The van der Waals surface area contributed by atoms with Crippen molar-refractivity contribution in [1.82, 2.24) is 14.8 Å². The minimum Gasteiger partial charge on any atom is -0.457 e. The number of carbonyl (C=O) groups is 2. The van der Waals surface area contributed by atoms with Crippen LogP contribution in [0.2, 0.25) is 0 Å². The molecule has 3 N–H and O–H groups in total. The van der Waals surface area contributed by atoms with Gasteiger partial charge in [0.05, 0.1) is 5.56 Å². The zero-order valence-corrected chi connectivity index (χ0v) is 20.6. The molecule has 0 radical (unpaired) electrons. The molecule has 1 fully saturated rings. The molecular weight excluding hydrogens is 501 g/mol. The van der Waals surface area contributed by atoms with Crippen LogP contribution in [0.3, 0.4) is 0 Å². The minimum atomic E-state index is -4.54. The molecule has 0 spiro atoms. The molecule has 0 aliphatic carbocycles. The fourth-order valence-corrected chi connectivity index (χ4v) is 3.93. The summed E-state index contributed by atoms with van der Waals surface area (Å²) < 4.78 is 46.3. The van der Waals surface area contributed by atoms with Crippen LogP contribution in [0.4, 0.5) is 35.2 Å². The maximum atomic E-state index is 13.5. The molecular formula is C26H27F3N6O3. The molecule has 200 valence electrons. The Bertz CT molecular complexity index is 1260. The van der Waals surface area contributed by atoms with Crippen molar-refractivity contribution in [3.05, 3.63) is 71.9 Å². The summed E-state index contributed by atoms with van der Waals surface area (Å²) in [6.45, 7) is 3.57. The molecule has 2 heterocycles. The number of rotatable bonds is 8. The van der Waals surface area contributed by atoms with Crippen molar-refractivity contribution in [1.29, 1.82) is 0 Å². The first-order valence-electron chi connectivity index (χ1n) is 11.8. The van der Waals surface area contributed by atoms with Crippen molar-refractivity contribution in [3.63, 3.8) is 0 Å². The van der Waals surface area contributed by atoms with Gasteiger partial charge >= 0.3 is 12.2 Å². The fourth-order valence-electron chi connectivity index (χ4n) is 3.93. The number of alkyl halides is 3. The second-order valence-corrected chi connectivity index (χ2v) is 8.84. The van der Waals surface area contributed by atoms with Crippen molar-refractivity contribution < 1.29 is 27.5 Å². The number of likely N-dealkylation sites (N-methyl/N-ethyl adjacent to an activating group) is 1. The third-order valence-electron chi connectivity index (χ3n) is 5.87. The fraction of sp³-hybridized carbons (Fsp3) is 0.269. The van der Waals surface area contributed by atoms with E-state index in [0.29, 0.717) is 41.5 Å².